The van der Waals surface area contributed by atoms with Crippen molar-refractivity contribution in [1.82, 2.24) is 15.3 Å². The smallest absolute Gasteiger partial charge is 0.252 e. The van der Waals surface area contributed by atoms with Gasteiger partial charge >= 0.3 is 0 Å². The largest absolute Gasteiger partial charge is 0.361 e. The fourth-order valence-corrected chi connectivity index (χ4v) is 3.37. The number of rotatable bonds is 5. The predicted molar refractivity (Wildman–Crippen MR) is 108 cm³/mol. The Labute approximate surface area is 158 Å². The van der Waals surface area contributed by atoms with Crippen LogP contribution < -0.4 is 5.32 Å². The number of aromatic amines is 1. The van der Waals surface area contributed by atoms with Crippen LogP contribution in [0.3, 0.4) is 0 Å². The summed E-state index contributed by atoms with van der Waals surface area (Å²) in [5, 5.41) is 4.26. The quantitative estimate of drug-likeness (QED) is 0.556. The molecule has 4 aromatic rings. The molecule has 1 atom stereocenters. The van der Waals surface area contributed by atoms with Crippen LogP contribution in [0.2, 0.25) is 0 Å². The first-order valence-electron chi connectivity index (χ1n) is 9.04. The number of hydrogen-bond acceptors (Lipinski definition) is 2. The lowest BCUT2D eigenvalue weighted by Gasteiger charge is -2.18. The molecule has 0 aliphatic carbocycles. The lowest BCUT2D eigenvalue weighted by Crippen LogP contribution is -2.29. The average Bonchev–Trinajstić information content (AvgIpc) is 3.13. The van der Waals surface area contributed by atoms with Crippen LogP contribution in [0.1, 0.15) is 33.1 Å². The second-order valence-electron chi connectivity index (χ2n) is 6.65. The maximum Gasteiger partial charge on any atom is 0.252 e. The molecule has 4 nitrogen and oxygen atoms in total. The third kappa shape index (κ3) is 3.60. The highest BCUT2D eigenvalue weighted by atomic mass is 16.1. The number of aromatic nitrogens is 2. The molecule has 1 amide bonds. The molecule has 1 unspecified atom stereocenters. The molecular formula is C23H21N3O. The van der Waals surface area contributed by atoms with Gasteiger partial charge in [-0.2, -0.15) is 0 Å². The zero-order valence-corrected chi connectivity index (χ0v) is 15.1. The fraction of sp³-hybridized carbons (Fsp3) is 0.130. The number of nitrogens with zero attached hydrogens (tertiary/aromatic N) is 1. The minimum absolute atomic E-state index is 0.0599. The number of benzene rings is 2. The van der Waals surface area contributed by atoms with Gasteiger partial charge in [0, 0.05) is 41.5 Å². The van der Waals surface area contributed by atoms with Gasteiger partial charge < -0.3 is 10.3 Å². The van der Waals surface area contributed by atoms with Crippen molar-refractivity contribution < 1.29 is 4.79 Å². The number of nitrogens with one attached hydrogen (secondary N) is 2. The summed E-state index contributed by atoms with van der Waals surface area (Å²) >= 11 is 0. The number of H-pyrrole nitrogens is 1. The Morgan fingerprint density at radius 1 is 1.04 bits per heavy atom. The van der Waals surface area contributed by atoms with Crippen molar-refractivity contribution >= 4 is 16.8 Å². The number of fused-ring (bicyclic) bond motifs is 1. The molecule has 0 aliphatic heterocycles. The van der Waals surface area contributed by atoms with Gasteiger partial charge in [0.25, 0.3) is 5.91 Å². The van der Waals surface area contributed by atoms with E-state index in [0.717, 1.165) is 11.2 Å². The van der Waals surface area contributed by atoms with E-state index in [2.05, 4.69) is 39.6 Å². The minimum Gasteiger partial charge on any atom is -0.361 e. The van der Waals surface area contributed by atoms with Crippen molar-refractivity contribution in [2.24, 2.45) is 0 Å². The van der Waals surface area contributed by atoms with Crippen molar-refractivity contribution in [3.63, 3.8) is 0 Å². The summed E-state index contributed by atoms with van der Waals surface area (Å²) in [4.78, 5) is 20.1. The Morgan fingerprint density at radius 2 is 1.81 bits per heavy atom. The molecule has 2 aromatic carbocycles. The lowest BCUT2D eigenvalue weighted by atomic mass is 9.91. The Hall–Kier alpha value is -3.40. The Balaban J connectivity index is 1.63. The summed E-state index contributed by atoms with van der Waals surface area (Å²) in [6, 6.07) is 22.2. The van der Waals surface area contributed by atoms with Crippen molar-refractivity contribution in [2.75, 3.05) is 6.54 Å². The molecule has 27 heavy (non-hydrogen) atoms. The maximum absolute atomic E-state index is 12.6. The zero-order chi connectivity index (χ0) is 18.6. The van der Waals surface area contributed by atoms with Crippen LogP contribution in [-0.4, -0.2) is 22.4 Å². The number of aryl methyl sites for hydroxylation is 1. The molecule has 2 N–H and O–H groups in total. The van der Waals surface area contributed by atoms with E-state index in [-0.39, 0.29) is 11.8 Å². The summed E-state index contributed by atoms with van der Waals surface area (Å²) < 4.78 is 0. The molecule has 4 heteroatoms. The topological polar surface area (TPSA) is 57.8 Å². The summed E-state index contributed by atoms with van der Waals surface area (Å²) in [6.07, 6.45) is 3.66. The van der Waals surface area contributed by atoms with E-state index in [4.69, 9.17) is 0 Å². The third-order valence-corrected chi connectivity index (χ3v) is 4.84. The van der Waals surface area contributed by atoms with Crippen molar-refractivity contribution in [2.45, 2.75) is 12.8 Å². The Kier molecular flexibility index (Phi) is 4.71. The summed E-state index contributed by atoms with van der Waals surface area (Å²) in [6.45, 7) is 2.42. The standard InChI is InChI=1S/C23H21N3O/c1-16-11-12-18(13-24-16)23(27)26-14-20(17-7-3-2-4-8-17)21-15-25-22-10-6-5-9-19(21)22/h2-13,15,20,25H,14H2,1H3,(H,26,27). The molecule has 0 aliphatic rings. The normalized spacial score (nSPS) is 12.0. The molecule has 4 rings (SSSR count). The van der Waals surface area contributed by atoms with Gasteiger partial charge in [0.1, 0.15) is 0 Å². The number of pyridine rings is 1. The summed E-state index contributed by atoms with van der Waals surface area (Å²) in [5.41, 5.74) is 4.92. The molecule has 0 fully saturated rings. The second-order valence-corrected chi connectivity index (χ2v) is 6.65. The molecule has 0 spiro atoms. The van der Waals surface area contributed by atoms with Gasteiger partial charge in [-0.1, -0.05) is 48.5 Å². The molecule has 134 valence electrons. The number of carbonyl (C=O) groups excluding carboxylic acids is 1. The number of carbonyl (C=O) groups is 1. The average molecular weight is 355 g/mol. The Morgan fingerprint density at radius 3 is 2.59 bits per heavy atom. The van der Waals surface area contributed by atoms with Gasteiger partial charge in [-0.05, 0) is 36.2 Å². The molecule has 0 bridgehead atoms. The molecule has 2 heterocycles. The van der Waals surface area contributed by atoms with Gasteiger partial charge in [-0.25, -0.2) is 0 Å². The zero-order valence-electron chi connectivity index (χ0n) is 15.1. The van der Waals surface area contributed by atoms with E-state index in [9.17, 15) is 4.79 Å². The van der Waals surface area contributed by atoms with Crippen LogP contribution in [0.5, 0.6) is 0 Å². The van der Waals surface area contributed by atoms with Crippen molar-refractivity contribution in [1.29, 1.82) is 0 Å². The van der Waals surface area contributed by atoms with Crippen molar-refractivity contribution in [3.05, 3.63) is 102 Å². The van der Waals surface area contributed by atoms with Crippen LogP contribution in [0, 0.1) is 6.92 Å². The monoisotopic (exact) mass is 355 g/mol. The fourth-order valence-electron chi connectivity index (χ4n) is 3.37. The molecule has 0 radical (unpaired) electrons. The van der Waals surface area contributed by atoms with E-state index in [1.54, 1.807) is 12.3 Å². The van der Waals surface area contributed by atoms with Crippen molar-refractivity contribution in [3.8, 4) is 0 Å². The highest BCUT2D eigenvalue weighted by Crippen LogP contribution is 2.30. The lowest BCUT2D eigenvalue weighted by molar-refractivity contribution is 0.0952. The van der Waals surface area contributed by atoms with Crippen LogP contribution in [-0.2, 0) is 0 Å². The first kappa shape index (κ1) is 17.0. The van der Waals surface area contributed by atoms with Crippen LogP contribution >= 0.6 is 0 Å². The van der Waals surface area contributed by atoms with E-state index < -0.39 is 0 Å². The van der Waals surface area contributed by atoms with Gasteiger partial charge in [0.2, 0.25) is 0 Å². The molecule has 0 saturated heterocycles. The SMILES string of the molecule is Cc1ccc(C(=O)NCC(c2ccccc2)c2c[nH]c3ccccc23)cn1. The second kappa shape index (κ2) is 7.46. The molecule has 2 aromatic heterocycles. The van der Waals surface area contributed by atoms with Crippen LogP contribution in [0.4, 0.5) is 0 Å². The number of para-hydroxylation sites is 1. The van der Waals surface area contributed by atoms with Gasteiger partial charge in [-0.3, -0.25) is 9.78 Å². The number of amides is 1. The summed E-state index contributed by atoms with van der Waals surface area (Å²) in [7, 11) is 0. The number of hydrogen-bond donors (Lipinski definition) is 2. The molecule has 0 saturated carbocycles. The first-order chi connectivity index (χ1) is 13.2. The van der Waals surface area contributed by atoms with Crippen LogP contribution in [0.25, 0.3) is 10.9 Å². The maximum atomic E-state index is 12.6. The van der Waals surface area contributed by atoms with E-state index >= 15 is 0 Å². The van der Waals surface area contributed by atoms with Crippen LogP contribution in [0.15, 0.2) is 79.1 Å². The Bertz CT molecular complexity index is 1050. The minimum atomic E-state index is -0.108. The van der Waals surface area contributed by atoms with Gasteiger partial charge in [0.05, 0.1) is 5.56 Å². The molecular weight excluding hydrogens is 334 g/mol. The van der Waals surface area contributed by atoms with Gasteiger partial charge in [0.15, 0.2) is 0 Å². The third-order valence-electron chi connectivity index (χ3n) is 4.84. The van der Waals surface area contributed by atoms with E-state index in [1.165, 1.54) is 16.5 Å². The van der Waals surface area contributed by atoms with Gasteiger partial charge in [-0.15, -0.1) is 0 Å². The predicted octanol–water partition coefficient (Wildman–Crippen LogP) is 4.43. The summed E-state index contributed by atoms with van der Waals surface area (Å²) in [5.74, 6) is -0.0482. The highest BCUT2D eigenvalue weighted by molar-refractivity contribution is 5.94. The van der Waals surface area contributed by atoms with E-state index in [0.29, 0.717) is 12.1 Å². The highest BCUT2D eigenvalue weighted by Gasteiger charge is 2.19. The first-order valence-corrected chi connectivity index (χ1v) is 9.04. The van der Waals surface area contributed by atoms with E-state index in [1.807, 2.05) is 49.5 Å².